The second kappa shape index (κ2) is 5.03. The number of benzene rings is 1. The molecule has 4 heterocycles. The predicted molar refractivity (Wildman–Crippen MR) is 108 cm³/mol. The fraction of sp³-hybridized carbons (Fsp3) is 0.522. The summed E-state index contributed by atoms with van der Waals surface area (Å²) in [6, 6.07) is 9.20. The molecule has 2 aliphatic heterocycles. The van der Waals surface area contributed by atoms with Crippen molar-refractivity contribution in [3.05, 3.63) is 35.5 Å². The van der Waals surface area contributed by atoms with Crippen molar-refractivity contribution in [2.75, 3.05) is 4.90 Å². The minimum absolute atomic E-state index is 0.221. The van der Waals surface area contributed by atoms with Gasteiger partial charge in [0.1, 0.15) is 0 Å². The van der Waals surface area contributed by atoms with Crippen molar-refractivity contribution in [1.82, 2.24) is 4.98 Å². The van der Waals surface area contributed by atoms with Gasteiger partial charge in [0.05, 0.1) is 5.69 Å². The van der Waals surface area contributed by atoms with Gasteiger partial charge in [-0.25, -0.2) is 4.98 Å². The van der Waals surface area contributed by atoms with E-state index in [1.54, 1.807) is 0 Å². The highest BCUT2D eigenvalue weighted by atomic mass is 16.3. The lowest BCUT2D eigenvalue weighted by Crippen LogP contribution is -2.65. The SMILES string of the molecule is Cc1ccc2c(n1)oc1c(N3C(C)C4(C)CCC3(C)CC4)c(C)ccc12. The van der Waals surface area contributed by atoms with Crippen LogP contribution in [0.3, 0.4) is 0 Å². The third-order valence-corrected chi connectivity index (χ3v) is 7.51. The Kier molecular flexibility index (Phi) is 3.12. The van der Waals surface area contributed by atoms with Crippen molar-refractivity contribution >= 4 is 27.8 Å². The predicted octanol–water partition coefficient (Wildman–Crippen LogP) is 6.15. The molecule has 0 radical (unpaired) electrons. The first-order valence-corrected chi connectivity index (χ1v) is 9.91. The van der Waals surface area contributed by atoms with E-state index in [4.69, 9.17) is 4.42 Å². The van der Waals surface area contributed by atoms with Gasteiger partial charge in [0.15, 0.2) is 5.58 Å². The molecular formula is C23H28N2O. The Morgan fingerprint density at radius 3 is 2.42 bits per heavy atom. The van der Waals surface area contributed by atoms with E-state index in [1.807, 2.05) is 6.92 Å². The molecule has 3 aliphatic rings. The van der Waals surface area contributed by atoms with Crippen LogP contribution in [-0.4, -0.2) is 16.6 Å². The monoisotopic (exact) mass is 348 g/mol. The second-order valence-corrected chi connectivity index (χ2v) is 9.21. The molecule has 1 unspecified atom stereocenters. The van der Waals surface area contributed by atoms with Crippen molar-refractivity contribution in [2.24, 2.45) is 5.41 Å². The zero-order valence-corrected chi connectivity index (χ0v) is 16.5. The van der Waals surface area contributed by atoms with Gasteiger partial charge in [-0.05, 0) is 76.5 Å². The standard InChI is InChI=1S/C23H28N2O/c1-14-6-8-17-18-9-7-15(2)24-21(18)26-20(17)19(14)25-16(3)22(4)10-12-23(25,5)13-11-22/h6-9,16H,10-13H2,1-5H3. The molecular weight excluding hydrogens is 320 g/mol. The van der Waals surface area contributed by atoms with Crippen LogP contribution in [-0.2, 0) is 0 Å². The van der Waals surface area contributed by atoms with Crippen LogP contribution in [0.5, 0.6) is 0 Å². The maximum Gasteiger partial charge on any atom is 0.227 e. The minimum atomic E-state index is 0.221. The normalized spacial score (nSPS) is 31.3. The number of hydrogen-bond acceptors (Lipinski definition) is 3. The maximum absolute atomic E-state index is 6.38. The smallest absolute Gasteiger partial charge is 0.227 e. The van der Waals surface area contributed by atoms with E-state index in [0.717, 1.165) is 22.4 Å². The summed E-state index contributed by atoms with van der Waals surface area (Å²) in [5.74, 6) is 0. The lowest BCUT2D eigenvalue weighted by atomic mass is 9.59. The number of fused-ring (bicyclic) bond motifs is 6. The average Bonchev–Trinajstić information content (AvgIpc) is 2.96. The molecule has 0 spiro atoms. The van der Waals surface area contributed by atoms with Gasteiger partial charge in [0, 0.05) is 28.0 Å². The summed E-state index contributed by atoms with van der Waals surface area (Å²) < 4.78 is 6.38. The van der Waals surface area contributed by atoms with Crippen molar-refractivity contribution in [3.63, 3.8) is 0 Å². The molecule has 1 aromatic carbocycles. The highest BCUT2D eigenvalue weighted by Gasteiger charge is 2.53. The molecule has 136 valence electrons. The van der Waals surface area contributed by atoms with E-state index in [0.29, 0.717) is 11.5 Å². The molecule has 6 rings (SSSR count). The second-order valence-electron chi connectivity index (χ2n) is 9.21. The third kappa shape index (κ3) is 1.97. The van der Waals surface area contributed by atoms with Crippen LogP contribution in [0.2, 0.25) is 0 Å². The van der Waals surface area contributed by atoms with Gasteiger partial charge in [-0.2, -0.15) is 0 Å². The van der Waals surface area contributed by atoms with Gasteiger partial charge in [-0.15, -0.1) is 0 Å². The first-order valence-electron chi connectivity index (χ1n) is 9.91. The molecule has 1 aliphatic carbocycles. The van der Waals surface area contributed by atoms with Gasteiger partial charge < -0.3 is 9.32 Å². The number of piperidine rings is 2. The average molecular weight is 348 g/mol. The number of nitrogens with zero attached hydrogens (tertiary/aromatic N) is 2. The largest absolute Gasteiger partial charge is 0.436 e. The van der Waals surface area contributed by atoms with Crippen molar-refractivity contribution < 1.29 is 4.42 Å². The summed E-state index contributed by atoms with van der Waals surface area (Å²) in [5, 5.41) is 2.31. The molecule has 1 atom stereocenters. The topological polar surface area (TPSA) is 29.3 Å². The molecule has 2 aromatic heterocycles. The van der Waals surface area contributed by atoms with E-state index in [1.165, 1.54) is 42.3 Å². The highest BCUT2D eigenvalue weighted by Crippen LogP contribution is 2.56. The molecule has 3 fully saturated rings. The fourth-order valence-corrected chi connectivity index (χ4v) is 5.46. The molecule has 2 saturated heterocycles. The number of anilines is 1. The zero-order valence-electron chi connectivity index (χ0n) is 16.5. The number of rotatable bonds is 1. The van der Waals surface area contributed by atoms with Crippen LogP contribution >= 0.6 is 0 Å². The number of hydrogen-bond donors (Lipinski definition) is 0. The van der Waals surface area contributed by atoms with Gasteiger partial charge in [0.25, 0.3) is 0 Å². The quantitative estimate of drug-likeness (QED) is 0.528. The van der Waals surface area contributed by atoms with Gasteiger partial charge in [0.2, 0.25) is 5.71 Å². The van der Waals surface area contributed by atoms with E-state index >= 15 is 0 Å². The van der Waals surface area contributed by atoms with E-state index in [2.05, 4.69) is 61.8 Å². The van der Waals surface area contributed by atoms with Crippen molar-refractivity contribution in [3.8, 4) is 0 Å². The molecule has 2 bridgehead atoms. The van der Waals surface area contributed by atoms with Gasteiger partial charge in [-0.1, -0.05) is 19.1 Å². The number of pyridine rings is 1. The minimum Gasteiger partial charge on any atom is -0.436 e. The van der Waals surface area contributed by atoms with Gasteiger partial charge >= 0.3 is 0 Å². The molecule has 0 amide bonds. The molecule has 3 heteroatoms. The van der Waals surface area contributed by atoms with Crippen LogP contribution in [0, 0.1) is 19.3 Å². The molecule has 1 saturated carbocycles. The Balaban J connectivity index is 1.81. The lowest BCUT2D eigenvalue weighted by Gasteiger charge is -2.63. The number of aromatic nitrogens is 1. The summed E-state index contributed by atoms with van der Waals surface area (Å²) in [7, 11) is 0. The molecule has 26 heavy (non-hydrogen) atoms. The van der Waals surface area contributed by atoms with E-state index < -0.39 is 0 Å². The van der Waals surface area contributed by atoms with Crippen LogP contribution < -0.4 is 4.90 Å². The summed E-state index contributed by atoms with van der Waals surface area (Å²) >= 11 is 0. The van der Waals surface area contributed by atoms with E-state index in [9.17, 15) is 0 Å². The Labute approximate surface area is 155 Å². The highest BCUT2D eigenvalue weighted by molar-refractivity contribution is 6.08. The summed E-state index contributed by atoms with van der Waals surface area (Å²) in [4.78, 5) is 7.34. The first kappa shape index (κ1) is 16.2. The summed E-state index contributed by atoms with van der Waals surface area (Å²) in [5.41, 5.74) is 5.99. The Morgan fingerprint density at radius 1 is 1.00 bits per heavy atom. The van der Waals surface area contributed by atoms with Crippen LogP contribution in [0.1, 0.15) is 57.7 Å². The summed E-state index contributed by atoms with van der Waals surface area (Å²) in [6.07, 6.45) is 5.19. The summed E-state index contributed by atoms with van der Waals surface area (Å²) in [6.45, 7) is 11.6. The van der Waals surface area contributed by atoms with Crippen LogP contribution in [0.4, 0.5) is 5.69 Å². The Hall–Kier alpha value is -2.03. The number of aryl methyl sites for hydroxylation is 2. The Morgan fingerprint density at radius 2 is 1.69 bits per heavy atom. The van der Waals surface area contributed by atoms with Gasteiger partial charge in [-0.3, -0.25) is 0 Å². The number of furan rings is 1. The first-order chi connectivity index (χ1) is 12.3. The van der Waals surface area contributed by atoms with Crippen molar-refractivity contribution in [2.45, 2.75) is 71.9 Å². The van der Waals surface area contributed by atoms with E-state index in [-0.39, 0.29) is 5.54 Å². The molecule has 0 N–H and O–H groups in total. The molecule has 3 nitrogen and oxygen atoms in total. The van der Waals surface area contributed by atoms with Crippen LogP contribution in [0.15, 0.2) is 28.7 Å². The zero-order chi connectivity index (χ0) is 18.3. The van der Waals surface area contributed by atoms with Crippen molar-refractivity contribution in [1.29, 1.82) is 0 Å². The third-order valence-electron chi connectivity index (χ3n) is 7.51. The Bertz CT molecular complexity index is 1020. The maximum atomic E-state index is 6.38. The lowest BCUT2D eigenvalue weighted by molar-refractivity contribution is 0.0510. The molecule has 3 aromatic rings. The fourth-order valence-electron chi connectivity index (χ4n) is 5.46. The van der Waals surface area contributed by atoms with Crippen LogP contribution in [0.25, 0.3) is 22.1 Å².